The van der Waals surface area contributed by atoms with Gasteiger partial charge in [-0.1, -0.05) is 52.0 Å². The van der Waals surface area contributed by atoms with Crippen LogP contribution in [0.15, 0.2) is 60.0 Å². The Hall–Kier alpha value is -2.11. The molecule has 6 heteroatoms. The fourth-order valence-corrected chi connectivity index (χ4v) is 3.39. The Bertz CT molecular complexity index is 751. The standard InChI is InChI=1S/C15H15ClN3OS/c1-12-7-9-14(10-8-12)21-11-15(16)17-19(18-21)20-13-5-3-2-4-6-13/h2-11,17-18H,1H3/q+1. The van der Waals surface area contributed by atoms with E-state index in [-0.39, 0.29) is 10.7 Å². The van der Waals surface area contributed by atoms with Gasteiger partial charge in [-0.3, -0.25) is 0 Å². The Morgan fingerprint density at radius 2 is 1.76 bits per heavy atom. The molecule has 3 rings (SSSR count). The number of aromatic nitrogens is 3. The molecule has 0 aliphatic carbocycles. The van der Waals surface area contributed by atoms with Crippen LogP contribution in [0.5, 0.6) is 5.75 Å². The van der Waals surface area contributed by atoms with Crippen molar-refractivity contribution in [3.05, 3.63) is 70.7 Å². The van der Waals surface area contributed by atoms with Crippen LogP contribution < -0.4 is 4.84 Å². The van der Waals surface area contributed by atoms with Gasteiger partial charge in [0.25, 0.3) is 0 Å². The average molecular weight is 321 g/mol. The highest BCUT2D eigenvalue weighted by molar-refractivity contribution is 7.33. The normalized spacial score (nSPS) is 11.2. The fraction of sp³-hybridized carbons (Fsp3) is 0.0667. The Kier molecular flexibility index (Phi) is 4.03. The van der Waals surface area contributed by atoms with Gasteiger partial charge in [0.15, 0.2) is 10.9 Å². The summed E-state index contributed by atoms with van der Waals surface area (Å²) in [5.74, 6) is 0.719. The number of aromatic amines is 2. The van der Waals surface area contributed by atoms with Gasteiger partial charge >= 0.3 is 0 Å². The zero-order valence-corrected chi connectivity index (χ0v) is 13.0. The predicted octanol–water partition coefficient (Wildman–Crippen LogP) is 4.81. The smallest absolute Gasteiger partial charge is 0.204 e. The number of hydrogen-bond donors (Lipinski definition) is 2. The van der Waals surface area contributed by atoms with E-state index in [1.165, 1.54) is 10.5 Å². The molecule has 0 saturated heterocycles. The third-order valence-electron chi connectivity index (χ3n) is 2.83. The van der Waals surface area contributed by atoms with Crippen LogP contribution in [0, 0.1) is 6.92 Å². The third kappa shape index (κ3) is 3.51. The molecule has 0 radical (unpaired) electrons. The molecule has 108 valence electrons. The van der Waals surface area contributed by atoms with Crippen molar-refractivity contribution in [2.75, 3.05) is 0 Å². The van der Waals surface area contributed by atoms with E-state index in [2.05, 4.69) is 40.8 Å². The molecule has 0 saturated carbocycles. The van der Waals surface area contributed by atoms with Gasteiger partial charge in [-0.25, -0.2) is 5.10 Å². The molecule has 0 bridgehead atoms. The molecule has 2 aromatic carbocycles. The lowest BCUT2D eigenvalue weighted by Crippen LogP contribution is -2.13. The Morgan fingerprint density at radius 3 is 2.48 bits per heavy atom. The molecule has 1 unspecified atom stereocenters. The minimum Gasteiger partial charge on any atom is -0.342 e. The summed E-state index contributed by atoms with van der Waals surface area (Å²) in [6.45, 7) is 2.07. The SMILES string of the molecule is Cc1ccc(-[s+]2cc(Cl)[nH]n(Oc3ccccc3)[nH]2)cc1. The highest BCUT2D eigenvalue weighted by Crippen LogP contribution is 2.28. The molecule has 0 aliphatic rings. The van der Waals surface area contributed by atoms with Crippen LogP contribution >= 0.6 is 22.3 Å². The molecular weight excluding hydrogens is 306 g/mol. The van der Waals surface area contributed by atoms with E-state index in [0.29, 0.717) is 5.15 Å². The van der Waals surface area contributed by atoms with Gasteiger partial charge in [0.1, 0.15) is 10.7 Å². The largest absolute Gasteiger partial charge is 0.342 e. The number of H-pyrrole nitrogens is 2. The van der Waals surface area contributed by atoms with Crippen LogP contribution in [0.3, 0.4) is 0 Å². The lowest BCUT2D eigenvalue weighted by atomic mass is 10.2. The van der Waals surface area contributed by atoms with Crippen LogP contribution in [0.1, 0.15) is 5.56 Å². The molecule has 0 fully saturated rings. The summed E-state index contributed by atoms with van der Waals surface area (Å²) >= 11 is 6.15. The van der Waals surface area contributed by atoms with Crippen LogP contribution in [0.4, 0.5) is 0 Å². The summed E-state index contributed by atoms with van der Waals surface area (Å²) in [6, 6.07) is 17.8. The Balaban J connectivity index is 1.94. The van der Waals surface area contributed by atoms with Crippen molar-refractivity contribution >= 4 is 22.3 Å². The van der Waals surface area contributed by atoms with Crippen molar-refractivity contribution in [2.45, 2.75) is 6.92 Å². The second-order valence-electron chi connectivity index (χ2n) is 4.52. The van der Waals surface area contributed by atoms with Crippen molar-refractivity contribution in [3.63, 3.8) is 0 Å². The monoisotopic (exact) mass is 320 g/mol. The molecule has 1 atom stereocenters. The van der Waals surface area contributed by atoms with E-state index in [1.54, 1.807) is 0 Å². The zero-order chi connectivity index (χ0) is 14.7. The highest BCUT2D eigenvalue weighted by Gasteiger charge is 2.11. The van der Waals surface area contributed by atoms with Crippen molar-refractivity contribution < 1.29 is 4.84 Å². The molecule has 1 aromatic heterocycles. The van der Waals surface area contributed by atoms with Crippen molar-refractivity contribution in [2.24, 2.45) is 0 Å². The van der Waals surface area contributed by atoms with Crippen molar-refractivity contribution in [3.8, 4) is 10.6 Å². The molecule has 0 aliphatic heterocycles. The number of nitrogens with zero attached hydrogens (tertiary/aromatic N) is 1. The predicted molar refractivity (Wildman–Crippen MR) is 86.8 cm³/mol. The first-order valence-corrected chi connectivity index (χ1v) is 8.10. The number of hydrogen-bond acceptors (Lipinski definition) is 1. The fourth-order valence-electron chi connectivity index (χ4n) is 1.80. The van der Waals surface area contributed by atoms with E-state index in [9.17, 15) is 0 Å². The molecular formula is C15H15ClN3OS+. The number of para-hydroxylation sites is 1. The minimum atomic E-state index is -0.356. The maximum absolute atomic E-state index is 6.15. The van der Waals surface area contributed by atoms with Crippen LogP contribution in [0.25, 0.3) is 4.90 Å². The topological polar surface area (TPSA) is 45.7 Å². The van der Waals surface area contributed by atoms with Crippen molar-refractivity contribution in [1.82, 2.24) is 14.5 Å². The van der Waals surface area contributed by atoms with Gasteiger partial charge in [-0.2, -0.15) is 0 Å². The molecule has 0 amide bonds. The highest BCUT2D eigenvalue weighted by atomic mass is 35.5. The summed E-state index contributed by atoms with van der Waals surface area (Å²) < 4.78 is 3.24. The van der Waals surface area contributed by atoms with Gasteiger partial charge in [0.05, 0.1) is 0 Å². The summed E-state index contributed by atoms with van der Waals surface area (Å²) in [4.78, 5) is 8.27. The number of aryl methyl sites for hydroxylation is 1. The molecule has 21 heavy (non-hydrogen) atoms. The van der Waals surface area contributed by atoms with Gasteiger partial charge < -0.3 is 4.84 Å². The zero-order valence-electron chi connectivity index (χ0n) is 11.4. The molecule has 4 nitrogen and oxygen atoms in total. The van der Waals surface area contributed by atoms with Crippen LogP contribution in [-0.2, 0) is 0 Å². The maximum atomic E-state index is 6.15. The second-order valence-corrected chi connectivity index (χ2v) is 6.49. The molecule has 0 spiro atoms. The van der Waals surface area contributed by atoms with Crippen LogP contribution in [0.2, 0.25) is 5.15 Å². The van der Waals surface area contributed by atoms with E-state index in [0.717, 1.165) is 10.6 Å². The average Bonchev–Trinajstić information content (AvgIpc) is 2.48. The summed E-state index contributed by atoms with van der Waals surface area (Å²) in [5, 5.41) is 5.36. The summed E-state index contributed by atoms with van der Waals surface area (Å²) in [5.41, 5.74) is 1.23. The Morgan fingerprint density at radius 1 is 1.05 bits per heavy atom. The van der Waals surface area contributed by atoms with E-state index in [4.69, 9.17) is 16.4 Å². The van der Waals surface area contributed by atoms with Crippen LogP contribution in [-0.4, -0.2) is 14.5 Å². The number of halogens is 1. The van der Waals surface area contributed by atoms with Gasteiger partial charge in [-0.15, -0.1) is 0 Å². The summed E-state index contributed by atoms with van der Waals surface area (Å²) in [6.07, 6.45) is 0. The lowest BCUT2D eigenvalue weighted by molar-refractivity contribution is 0.140. The van der Waals surface area contributed by atoms with Crippen molar-refractivity contribution in [1.29, 1.82) is 0 Å². The minimum absolute atomic E-state index is 0.356. The van der Waals surface area contributed by atoms with E-state index in [1.807, 2.05) is 35.7 Å². The maximum Gasteiger partial charge on any atom is 0.204 e. The van der Waals surface area contributed by atoms with Gasteiger partial charge in [0.2, 0.25) is 10.3 Å². The molecule has 2 N–H and O–H groups in total. The van der Waals surface area contributed by atoms with E-state index >= 15 is 0 Å². The second kappa shape index (κ2) is 6.11. The number of rotatable bonds is 3. The number of nitrogens with one attached hydrogen (secondary N) is 2. The molecule has 3 aromatic rings. The first-order valence-electron chi connectivity index (χ1n) is 6.44. The lowest BCUT2D eigenvalue weighted by Gasteiger charge is -2.07. The number of benzene rings is 2. The van der Waals surface area contributed by atoms with Gasteiger partial charge in [0, 0.05) is 12.1 Å². The van der Waals surface area contributed by atoms with E-state index < -0.39 is 0 Å². The first kappa shape index (κ1) is 13.9. The Labute approximate surface area is 130 Å². The first-order chi connectivity index (χ1) is 10.2. The molecule has 1 heterocycles. The quantitative estimate of drug-likeness (QED) is 0.668. The third-order valence-corrected chi connectivity index (χ3v) is 4.76. The summed E-state index contributed by atoms with van der Waals surface area (Å²) in [7, 11) is -0.356. The van der Waals surface area contributed by atoms with Gasteiger partial charge in [-0.05, 0) is 24.0 Å².